The lowest BCUT2D eigenvalue weighted by Gasteiger charge is -2.26. The third-order valence-corrected chi connectivity index (χ3v) is 23.5. The van der Waals surface area contributed by atoms with Crippen LogP contribution in [0.25, 0.3) is 66.5 Å². The Labute approximate surface area is 807 Å². The number of aliphatic hydroxyl groups excluding tert-OH is 2. The number of benzene rings is 11. The molecule has 1 saturated heterocycles. The molecule has 0 saturated carbocycles. The van der Waals surface area contributed by atoms with Crippen LogP contribution in [0.3, 0.4) is 0 Å². The molecule has 14 aromatic rings. The number of nitrogens with zero attached hydrogens (tertiary/aromatic N) is 3. The molecular formula is C106H122Br4Cl4N4O8S. The summed E-state index contributed by atoms with van der Waals surface area (Å²) in [6.07, 6.45) is 8.86. The summed E-state index contributed by atoms with van der Waals surface area (Å²) in [6, 6.07) is 85.5. The fourth-order valence-electron chi connectivity index (χ4n) is 14.4. The molecule has 0 aliphatic carbocycles. The maximum atomic E-state index is 9.39. The maximum Gasteiger partial charge on any atom is 0.158 e. The van der Waals surface area contributed by atoms with Crippen molar-refractivity contribution in [3.63, 3.8) is 0 Å². The van der Waals surface area contributed by atoms with Gasteiger partial charge in [0.15, 0.2) is 7.67 Å². The van der Waals surface area contributed by atoms with Crippen LogP contribution in [0.5, 0.6) is 28.7 Å². The summed E-state index contributed by atoms with van der Waals surface area (Å²) >= 11 is 34.0. The summed E-state index contributed by atoms with van der Waals surface area (Å²) in [5, 5.41) is 32.0. The second kappa shape index (κ2) is 57.3. The topological polar surface area (TPSA) is 144 Å². The van der Waals surface area contributed by atoms with E-state index in [-0.39, 0.29) is 19.0 Å². The number of fused-ring (bicyclic) bond motifs is 3. The van der Waals surface area contributed by atoms with E-state index in [2.05, 4.69) is 319 Å². The van der Waals surface area contributed by atoms with Crippen LogP contribution in [0.4, 0.5) is 0 Å². The molecule has 0 bridgehead atoms. The van der Waals surface area contributed by atoms with E-state index in [4.69, 9.17) is 80.7 Å². The SMILES string of the molecule is Cc1ccc(-c2[nH]c3ccc(C)cc3c2C)cc1.Cc1ccc(-c2c(C)c3cc(C)ccc3n2Cc2ccc(OCCCCl)cc2)cc1.Cc1ccc(-c2c(C)c3cc(C)ccc3n2Cc2ccc(OCCCN3CCCCC3)cc2)cc1.ClCCCBr.ClCCCOc1ccc(CBr)cc1.O=S(Br)Br.OCc1ccc(O)cc1.OCc1ccc(OCCCCl)cc1. The van der Waals surface area contributed by atoms with E-state index in [0.29, 0.717) is 37.5 Å². The zero-order valence-corrected chi connectivity index (χ0v) is 84.7. The van der Waals surface area contributed by atoms with Gasteiger partial charge in [-0.1, -0.05) is 223 Å². The summed E-state index contributed by atoms with van der Waals surface area (Å²) < 4.78 is 36.9. The average molecular weight is 2070 g/mol. The molecule has 0 atom stereocenters. The average Bonchev–Trinajstić information content (AvgIpc) is 1.62. The van der Waals surface area contributed by atoms with Crippen LogP contribution in [-0.4, -0.2) is 113 Å². The summed E-state index contributed by atoms with van der Waals surface area (Å²) in [5.41, 5.74) is 28.7. The van der Waals surface area contributed by atoms with Crippen LogP contribution in [0.1, 0.15) is 129 Å². The Morgan fingerprint density at radius 1 is 0.378 bits per heavy atom. The zero-order valence-electron chi connectivity index (χ0n) is 74.5. The van der Waals surface area contributed by atoms with Gasteiger partial charge in [0.2, 0.25) is 0 Å². The lowest BCUT2D eigenvalue weighted by Crippen LogP contribution is -2.31. The number of nitrogens with one attached hydrogen (secondary N) is 1. The molecule has 11 aromatic carbocycles. The minimum absolute atomic E-state index is 0.0281. The number of aryl methyl sites for hydroxylation is 9. The Morgan fingerprint density at radius 3 is 1.06 bits per heavy atom. The molecule has 0 spiro atoms. The van der Waals surface area contributed by atoms with Gasteiger partial charge < -0.3 is 53.3 Å². The highest BCUT2D eigenvalue weighted by atomic mass is 79.9. The molecule has 3 aromatic heterocycles. The van der Waals surface area contributed by atoms with Gasteiger partial charge in [-0.15, -0.1) is 46.4 Å². The molecule has 1 aliphatic heterocycles. The molecule has 1 aliphatic rings. The van der Waals surface area contributed by atoms with Crippen molar-refractivity contribution < 1.29 is 38.5 Å². The number of piperidine rings is 1. The molecule has 676 valence electrons. The first-order chi connectivity index (χ1) is 61.5. The van der Waals surface area contributed by atoms with Crippen molar-refractivity contribution in [2.45, 2.75) is 145 Å². The number of rotatable bonds is 29. The van der Waals surface area contributed by atoms with Crippen molar-refractivity contribution in [3.05, 3.63) is 327 Å². The first kappa shape index (κ1) is 105. The standard InChI is InChI=1S/C32H38N2O.C27H28ClNO.C17H17N.C10H12BrClO.C10H13ClO2.C7H8O2.C3H6BrCl.Br2OS/c1-24-8-13-28(14-9-24)32-26(3)30-22-25(2)10-17-31(30)34(32)23-27-11-15-29(16-12-27)35-21-7-20-33-18-5-4-6-19-33;1-19-5-10-23(11-6-19)27-21(3)25-17-20(2)7-14-26(25)29(27)18-22-8-12-24(13-9-22)30-16-4-15-28;1-11-4-7-14(8-5-11)17-13(3)15-10-12(2)6-9-16(15)18-17;11-8-9-2-4-10(5-3-9)13-7-1-6-12;11-6-1-7-13-10-4-2-9(8-12)3-5-10;8-5-6-1-3-7(9)4-2-6;4-2-1-3-5;1-4(2)3/h8-17,22H,4-7,18-21,23H2,1-3H3;5-14,17H,4,15-16,18H2,1-3H3;4-10,18H,1-3H3;2-5H,1,6-8H2;2-5,12H,1,6-8H2;1-4,8-9H,5H2;1-3H2;. The highest BCUT2D eigenvalue weighted by molar-refractivity contribution is 9.78. The van der Waals surface area contributed by atoms with Crippen molar-refractivity contribution in [1.29, 1.82) is 0 Å². The van der Waals surface area contributed by atoms with Gasteiger partial charge in [0.25, 0.3) is 0 Å². The zero-order chi connectivity index (χ0) is 91.4. The summed E-state index contributed by atoms with van der Waals surface area (Å²) in [5.74, 6) is 6.49. The molecule has 4 heterocycles. The third kappa shape index (κ3) is 35.1. The van der Waals surface area contributed by atoms with Crippen molar-refractivity contribution in [3.8, 4) is 62.5 Å². The lowest BCUT2D eigenvalue weighted by atomic mass is 10.0. The van der Waals surface area contributed by atoms with Gasteiger partial charge in [-0.05, 0) is 279 Å². The first-order valence-electron chi connectivity index (χ1n) is 43.2. The number of aromatic amines is 1. The van der Waals surface area contributed by atoms with Crippen LogP contribution in [0, 0.1) is 62.3 Å². The number of aromatic nitrogens is 3. The second-order valence-corrected chi connectivity index (χ2v) is 40.7. The molecule has 4 N–H and O–H groups in total. The smallest absolute Gasteiger partial charge is 0.158 e. The monoisotopic (exact) mass is 2070 g/mol. The van der Waals surface area contributed by atoms with Crippen molar-refractivity contribution in [2.75, 3.05) is 74.9 Å². The summed E-state index contributed by atoms with van der Waals surface area (Å²) in [6.45, 7) is 27.7. The molecule has 0 radical (unpaired) electrons. The number of likely N-dealkylation sites (tertiary alicyclic amines) is 1. The van der Waals surface area contributed by atoms with E-state index in [0.717, 1.165) is 109 Å². The quantitative estimate of drug-likeness (QED) is 0.0205. The van der Waals surface area contributed by atoms with Crippen molar-refractivity contribution in [2.24, 2.45) is 0 Å². The van der Waals surface area contributed by atoms with Crippen LogP contribution in [0.15, 0.2) is 249 Å². The van der Waals surface area contributed by atoms with Crippen LogP contribution >= 0.6 is 108 Å². The van der Waals surface area contributed by atoms with E-state index in [1.165, 1.54) is 166 Å². The number of phenols is 1. The fraction of sp³-hybridized carbons (Fsp3) is 0.321. The van der Waals surface area contributed by atoms with Gasteiger partial charge in [0.1, 0.15) is 28.7 Å². The Morgan fingerprint density at radius 2 is 0.709 bits per heavy atom. The van der Waals surface area contributed by atoms with Crippen LogP contribution in [-0.2, 0) is 39.3 Å². The number of aliphatic hydroxyl groups is 2. The van der Waals surface area contributed by atoms with Gasteiger partial charge in [-0.2, -0.15) is 0 Å². The molecule has 0 amide bonds. The second-order valence-electron chi connectivity index (χ2n) is 31.3. The predicted molar refractivity (Wildman–Crippen MR) is 556 cm³/mol. The molecular weight excluding hydrogens is 1950 g/mol. The number of hydrogen-bond donors (Lipinski definition) is 4. The Balaban J connectivity index is 0.000000195. The van der Waals surface area contributed by atoms with E-state index in [1.54, 1.807) is 24.3 Å². The third-order valence-electron chi connectivity index (χ3n) is 21.2. The largest absolute Gasteiger partial charge is 0.508 e. The number of phenolic OH excluding ortho intramolecular Hbond substituents is 1. The lowest BCUT2D eigenvalue weighted by molar-refractivity contribution is 0.205. The van der Waals surface area contributed by atoms with Crippen LogP contribution < -0.4 is 18.9 Å². The van der Waals surface area contributed by atoms with Gasteiger partial charge in [-0.25, -0.2) is 4.21 Å². The molecule has 12 nitrogen and oxygen atoms in total. The minimum Gasteiger partial charge on any atom is -0.508 e. The van der Waals surface area contributed by atoms with Crippen molar-refractivity contribution in [1.82, 2.24) is 19.0 Å². The highest BCUT2D eigenvalue weighted by Gasteiger charge is 2.20. The van der Waals surface area contributed by atoms with Crippen LogP contribution in [0.2, 0.25) is 0 Å². The van der Waals surface area contributed by atoms with E-state index in [1.807, 2.05) is 48.5 Å². The molecule has 0 unspecified atom stereocenters. The molecule has 127 heavy (non-hydrogen) atoms. The molecule has 21 heteroatoms. The summed E-state index contributed by atoms with van der Waals surface area (Å²) in [4.78, 5) is 6.10. The highest BCUT2D eigenvalue weighted by Crippen LogP contribution is 2.38. The van der Waals surface area contributed by atoms with Gasteiger partial charge in [0.05, 0.1) is 51.0 Å². The minimum atomic E-state index is -0.986. The number of H-pyrrole nitrogens is 1. The Kier molecular flexibility index (Phi) is 47.2. The maximum absolute atomic E-state index is 9.39. The van der Waals surface area contributed by atoms with Crippen molar-refractivity contribution >= 4 is 148 Å². The van der Waals surface area contributed by atoms with E-state index < -0.39 is 7.67 Å². The van der Waals surface area contributed by atoms with E-state index >= 15 is 0 Å². The fourth-order valence-corrected chi connectivity index (χ4v) is 15.8. The number of ether oxygens (including phenoxy) is 4. The normalized spacial score (nSPS) is 11.5. The summed E-state index contributed by atoms with van der Waals surface area (Å²) in [7, 11) is -0.986. The number of aromatic hydroxyl groups is 1. The Bertz CT molecular complexity index is 5480. The van der Waals surface area contributed by atoms with Gasteiger partial charge in [-0.3, -0.25) is 0 Å². The number of hydrogen-bond acceptors (Lipinski definition) is 9. The predicted octanol–water partition coefficient (Wildman–Crippen LogP) is 29.6. The first-order valence-corrected chi connectivity index (χ1v) is 52.4. The van der Waals surface area contributed by atoms with Gasteiger partial charge >= 0.3 is 0 Å². The number of alkyl halides is 6. The number of halogens is 8. The molecule has 15 rings (SSSR count). The van der Waals surface area contributed by atoms with E-state index in [9.17, 15) is 4.21 Å². The Hall–Kier alpha value is -7.85. The molecule has 1 fully saturated rings. The van der Waals surface area contributed by atoms with Gasteiger partial charge in [0, 0.05) is 122 Å².